The maximum Gasteiger partial charge on any atom is 0.255 e. The van der Waals surface area contributed by atoms with Crippen LogP contribution in [0.15, 0.2) is 41.5 Å². The summed E-state index contributed by atoms with van der Waals surface area (Å²) in [5.41, 5.74) is 3.99. The highest BCUT2D eigenvalue weighted by Crippen LogP contribution is 2.30. The van der Waals surface area contributed by atoms with E-state index < -0.39 is 0 Å². The summed E-state index contributed by atoms with van der Waals surface area (Å²) in [4.78, 5) is 43.0. The average Bonchev–Trinajstić information content (AvgIpc) is 2.75. The van der Waals surface area contributed by atoms with Crippen molar-refractivity contribution < 1.29 is 4.79 Å². The molecule has 1 aliphatic heterocycles. The number of carbonyl (C=O) groups excluding carboxylic acids is 1. The molecule has 0 fully saturated rings. The van der Waals surface area contributed by atoms with Crippen molar-refractivity contribution in [1.82, 2.24) is 19.9 Å². The first-order chi connectivity index (χ1) is 14.4. The van der Waals surface area contributed by atoms with Crippen molar-refractivity contribution in [2.24, 2.45) is 0 Å². The lowest BCUT2D eigenvalue weighted by Crippen LogP contribution is -2.38. The second-order valence-electron chi connectivity index (χ2n) is 7.92. The number of nitrogens with zero attached hydrogens (tertiary/aromatic N) is 4. The van der Waals surface area contributed by atoms with Gasteiger partial charge < -0.3 is 9.88 Å². The number of fused-ring (bicyclic) bond motifs is 1. The number of hydrogen-bond acceptors (Lipinski definition) is 5. The van der Waals surface area contributed by atoms with Gasteiger partial charge in [-0.15, -0.1) is 0 Å². The summed E-state index contributed by atoms with van der Waals surface area (Å²) < 4.78 is 0. The lowest BCUT2D eigenvalue weighted by atomic mass is 9.94. The monoisotopic (exact) mass is 403 g/mol. The van der Waals surface area contributed by atoms with Crippen molar-refractivity contribution in [1.29, 1.82) is 0 Å². The minimum Gasteiger partial charge on any atom is -0.312 e. The first-order valence-electron chi connectivity index (χ1n) is 10.2. The number of amides is 1. The molecule has 1 amide bonds. The summed E-state index contributed by atoms with van der Waals surface area (Å²) in [6.45, 7) is 6.73. The van der Waals surface area contributed by atoms with E-state index in [-0.39, 0.29) is 17.9 Å². The SMILES string of the molecule is Cc1nc(-c2ncccn2)[nH]c(=O)c1CC(=O)N1CCCc2cc(C(C)C)ccc21. The highest BCUT2D eigenvalue weighted by Gasteiger charge is 2.25. The molecule has 1 aliphatic rings. The van der Waals surface area contributed by atoms with Crippen LogP contribution >= 0.6 is 0 Å². The van der Waals surface area contributed by atoms with Crippen LogP contribution < -0.4 is 10.5 Å². The molecule has 0 unspecified atom stereocenters. The van der Waals surface area contributed by atoms with Gasteiger partial charge in [0.05, 0.1) is 6.42 Å². The Kier molecular flexibility index (Phi) is 5.44. The highest BCUT2D eigenvalue weighted by molar-refractivity contribution is 5.96. The molecule has 3 aromatic rings. The molecule has 0 aliphatic carbocycles. The Labute approximate surface area is 175 Å². The first kappa shape index (κ1) is 19.9. The van der Waals surface area contributed by atoms with E-state index in [1.54, 1.807) is 30.3 Å². The molecule has 0 bridgehead atoms. The maximum absolute atomic E-state index is 13.1. The molecule has 0 spiro atoms. The third-order valence-corrected chi connectivity index (χ3v) is 5.52. The van der Waals surface area contributed by atoms with E-state index in [0.717, 1.165) is 18.5 Å². The molecule has 1 N–H and O–H groups in total. The van der Waals surface area contributed by atoms with Crippen molar-refractivity contribution in [3.63, 3.8) is 0 Å². The van der Waals surface area contributed by atoms with Gasteiger partial charge in [-0.05, 0) is 48.9 Å². The molecule has 0 saturated heterocycles. The molecule has 7 heteroatoms. The highest BCUT2D eigenvalue weighted by atomic mass is 16.2. The Morgan fingerprint density at radius 2 is 2.00 bits per heavy atom. The number of rotatable bonds is 4. The molecule has 1 aromatic carbocycles. The van der Waals surface area contributed by atoms with Crippen LogP contribution in [0.4, 0.5) is 5.69 Å². The maximum atomic E-state index is 13.1. The van der Waals surface area contributed by atoms with E-state index >= 15 is 0 Å². The van der Waals surface area contributed by atoms with Gasteiger partial charge in [0.15, 0.2) is 11.6 Å². The van der Waals surface area contributed by atoms with E-state index in [1.807, 2.05) is 6.07 Å². The molecule has 2 aromatic heterocycles. The van der Waals surface area contributed by atoms with Crippen molar-refractivity contribution >= 4 is 11.6 Å². The minimum absolute atomic E-state index is 0.00939. The van der Waals surface area contributed by atoms with E-state index in [0.29, 0.717) is 35.4 Å². The molecular weight excluding hydrogens is 378 g/mol. The van der Waals surface area contributed by atoms with Crippen molar-refractivity contribution in [2.75, 3.05) is 11.4 Å². The summed E-state index contributed by atoms with van der Waals surface area (Å²) in [7, 11) is 0. The number of H-pyrrole nitrogens is 1. The number of aromatic nitrogens is 4. The third-order valence-electron chi connectivity index (χ3n) is 5.52. The lowest BCUT2D eigenvalue weighted by molar-refractivity contribution is -0.118. The van der Waals surface area contributed by atoms with Gasteiger partial charge in [-0.1, -0.05) is 26.0 Å². The Morgan fingerprint density at radius 3 is 2.70 bits per heavy atom. The van der Waals surface area contributed by atoms with Crippen molar-refractivity contribution in [3.05, 3.63) is 69.4 Å². The molecule has 7 nitrogen and oxygen atoms in total. The van der Waals surface area contributed by atoms with Crippen molar-refractivity contribution in [3.8, 4) is 11.6 Å². The third kappa shape index (κ3) is 3.87. The topological polar surface area (TPSA) is 91.8 Å². The normalized spacial score (nSPS) is 13.4. The average molecular weight is 403 g/mol. The molecule has 4 rings (SSSR count). The molecule has 154 valence electrons. The quantitative estimate of drug-likeness (QED) is 0.722. The van der Waals surface area contributed by atoms with E-state index in [9.17, 15) is 9.59 Å². The van der Waals surface area contributed by atoms with Gasteiger partial charge in [0, 0.05) is 35.9 Å². The Balaban J connectivity index is 1.60. The molecule has 0 saturated carbocycles. The number of aromatic amines is 1. The van der Waals surface area contributed by atoms with Crippen LogP contribution in [0.5, 0.6) is 0 Å². The predicted molar refractivity (Wildman–Crippen MR) is 116 cm³/mol. The molecule has 30 heavy (non-hydrogen) atoms. The van der Waals surface area contributed by atoms with Crippen LogP contribution in [0.1, 0.15) is 48.6 Å². The summed E-state index contributed by atoms with van der Waals surface area (Å²) >= 11 is 0. The second-order valence-corrected chi connectivity index (χ2v) is 7.92. The lowest BCUT2D eigenvalue weighted by Gasteiger charge is -2.30. The number of carbonyl (C=O) groups is 1. The van der Waals surface area contributed by atoms with Gasteiger partial charge in [-0.25, -0.2) is 15.0 Å². The van der Waals surface area contributed by atoms with Gasteiger partial charge in [0.1, 0.15) is 0 Å². The predicted octanol–water partition coefficient (Wildman–Crippen LogP) is 3.18. The van der Waals surface area contributed by atoms with Gasteiger partial charge in [0.25, 0.3) is 5.56 Å². The Bertz CT molecular complexity index is 1140. The summed E-state index contributed by atoms with van der Waals surface area (Å²) in [6, 6.07) is 8.02. The zero-order valence-electron chi connectivity index (χ0n) is 17.5. The smallest absolute Gasteiger partial charge is 0.255 e. The molecular formula is C23H25N5O2. The number of benzene rings is 1. The van der Waals surface area contributed by atoms with Crippen LogP contribution in [0.25, 0.3) is 11.6 Å². The second kappa shape index (κ2) is 8.18. The van der Waals surface area contributed by atoms with Gasteiger partial charge >= 0.3 is 0 Å². The van der Waals surface area contributed by atoms with Crippen LogP contribution in [0.3, 0.4) is 0 Å². The van der Waals surface area contributed by atoms with Crippen LogP contribution in [-0.2, 0) is 17.6 Å². The Hall–Kier alpha value is -3.35. The number of nitrogens with one attached hydrogen (secondary N) is 1. The summed E-state index contributed by atoms with van der Waals surface area (Å²) in [5.74, 6) is 1.01. The van der Waals surface area contributed by atoms with Crippen LogP contribution in [0, 0.1) is 6.92 Å². The number of aryl methyl sites for hydroxylation is 2. The van der Waals surface area contributed by atoms with E-state index in [2.05, 4.69) is 45.9 Å². The summed E-state index contributed by atoms with van der Waals surface area (Å²) in [6.07, 6.45) is 5.07. The number of hydrogen-bond donors (Lipinski definition) is 1. The zero-order chi connectivity index (χ0) is 21.3. The van der Waals surface area contributed by atoms with E-state index in [1.165, 1.54) is 11.1 Å². The number of anilines is 1. The van der Waals surface area contributed by atoms with Gasteiger partial charge in [-0.2, -0.15) is 0 Å². The van der Waals surface area contributed by atoms with Gasteiger partial charge in [0.2, 0.25) is 5.91 Å². The molecule has 0 atom stereocenters. The molecule has 3 heterocycles. The fraction of sp³-hybridized carbons (Fsp3) is 0.348. The van der Waals surface area contributed by atoms with Gasteiger partial charge in [-0.3, -0.25) is 9.59 Å². The van der Waals surface area contributed by atoms with Crippen LogP contribution in [-0.4, -0.2) is 32.4 Å². The largest absolute Gasteiger partial charge is 0.312 e. The minimum atomic E-state index is -0.328. The summed E-state index contributed by atoms with van der Waals surface area (Å²) in [5, 5.41) is 0. The standard InChI is InChI=1S/C23H25N5O2/c1-14(2)16-7-8-19-17(12-16)6-4-11-28(19)20(29)13-18-15(3)26-22(27-23(18)30)21-24-9-5-10-25-21/h5,7-10,12,14H,4,6,11,13H2,1-3H3,(H,26,27,30). The van der Waals surface area contributed by atoms with E-state index in [4.69, 9.17) is 0 Å². The van der Waals surface area contributed by atoms with Crippen LogP contribution in [0.2, 0.25) is 0 Å². The zero-order valence-corrected chi connectivity index (χ0v) is 17.5. The molecule has 0 radical (unpaired) electrons. The Morgan fingerprint density at radius 1 is 1.23 bits per heavy atom. The fourth-order valence-electron chi connectivity index (χ4n) is 3.83. The fourth-order valence-corrected chi connectivity index (χ4v) is 3.83. The first-order valence-corrected chi connectivity index (χ1v) is 10.2. The van der Waals surface area contributed by atoms with Crippen molar-refractivity contribution in [2.45, 2.75) is 46.0 Å².